The fourth-order valence-electron chi connectivity index (χ4n) is 2.86. The van der Waals surface area contributed by atoms with Gasteiger partial charge in [0.2, 0.25) is 15.7 Å². The molecule has 0 atom stereocenters. The van der Waals surface area contributed by atoms with E-state index in [9.17, 15) is 18.0 Å². The lowest BCUT2D eigenvalue weighted by molar-refractivity contribution is -0.113. The smallest absolute Gasteiger partial charge is 0.270 e. The standard InChI is InChI=1S/C23H25N3O4S2/c1-15-5-9-17(10-6-15)25-20(27)14-31-22-24-13-19(21(28)26-22)32(29,30)18-11-7-16(8-12-18)23(2,3)4/h5-13H,14H2,1-4H3,(H,25,27)(H,24,26,28). The summed E-state index contributed by atoms with van der Waals surface area (Å²) < 4.78 is 25.8. The maximum absolute atomic E-state index is 12.9. The van der Waals surface area contributed by atoms with E-state index >= 15 is 0 Å². The van der Waals surface area contributed by atoms with Crippen molar-refractivity contribution in [3.63, 3.8) is 0 Å². The molecule has 0 radical (unpaired) electrons. The Morgan fingerprint density at radius 2 is 1.69 bits per heavy atom. The first-order valence-corrected chi connectivity index (χ1v) is 12.4. The van der Waals surface area contributed by atoms with Crippen molar-refractivity contribution < 1.29 is 13.2 Å². The molecule has 0 bridgehead atoms. The van der Waals surface area contributed by atoms with Crippen LogP contribution in [0.5, 0.6) is 0 Å². The van der Waals surface area contributed by atoms with E-state index in [0.29, 0.717) is 5.69 Å². The molecule has 1 heterocycles. The fraction of sp³-hybridized carbons (Fsp3) is 0.261. The minimum atomic E-state index is -4.02. The average Bonchev–Trinajstić information content (AvgIpc) is 2.73. The van der Waals surface area contributed by atoms with E-state index in [0.717, 1.165) is 29.1 Å². The number of aromatic amines is 1. The van der Waals surface area contributed by atoms with E-state index in [4.69, 9.17) is 0 Å². The van der Waals surface area contributed by atoms with Crippen LogP contribution < -0.4 is 10.9 Å². The van der Waals surface area contributed by atoms with Crippen molar-refractivity contribution in [3.05, 3.63) is 76.2 Å². The number of aromatic nitrogens is 2. The van der Waals surface area contributed by atoms with Crippen molar-refractivity contribution in [2.24, 2.45) is 0 Å². The van der Waals surface area contributed by atoms with Crippen LogP contribution in [0.3, 0.4) is 0 Å². The molecule has 1 amide bonds. The molecule has 7 nitrogen and oxygen atoms in total. The van der Waals surface area contributed by atoms with E-state index in [-0.39, 0.29) is 27.1 Å². The molecule has 168 valence electrons. The quantitative estimate of drug-likeness (QED) is 0.416. The summed E-state index contributed by atoms with van der Waals surface area (Å²) >= 11 is 1.01. The first kappa shape index (κ1) is 23.7. The van der Waals surface area contributed by atoms with Crippen LogP contribution >= 0.6 is 11.8 Å². The highest BCUT2D eigenvalue weighted by molar-refractivity contribution is 7.99. The number of amides is 1. The van der Waals surface area contributed by atoms with Crippen LogP contribution in [-0.2, 0) is 20.0 Å². The number of carbonyl (C=O) groups excluding carboxylic acids is 1. The Hall–Kier alpha value is -2.91. The summed E-state index contributed by atoms with van der Waals surface area (Å²) in [6, 6.07) is 13.8. The predicted molar refractivity (Wildman–Crippen MR) is 126 cm³/mol. The van der Waals surface area contributed by atoms with Crippen molar-refractivity contribution in [3.8, 4) is 0 Å². The zero-order chi connectivity index (χ0) is 23.5. The monoisotopic (exact) mass is 471 g/mol. The number of nitrogens with zero attached hydrogens (tertiary/aromatic N) is 1. The highest BCUT2D eigenvalue weighted by Crippen LogP contribution is 2.25. The van der Waals surface area contributed by atoms with Gasteiger partial charge in [-0.2, -0.15) is 0 Å². The number of carbonyl (C=O) groups is 1. The van der Waals surface area contributed by atoms with Gasteiger partial charge >= 0.3 is 0 Å². The van der Waals surface area contributed by atoms with Gasteiger partial charge in [-0.15, -0.1) is 0 Å². The first-order valence-electron chi connectivity index (χ1n) is 9.91. The van der Waals surface area contributed by atoms with Crippen molar-refractivity contribution in [1.82, 2.24) is 9.97 Å². The minimum absolute atomic E-state index is 0.0111. The third-order valence-corrected chi connectivity index (χ3v) is 7.39. The largest absolute Gasteiger partial charge is 0.325 e. The Labute approximate surface area is 191 Å². The molecule has 3 rings (SSSR count). The molecule has 2 N–H and O–H groups in total. The normalized spacial score (nSPS) is 11.9. The number of nitrogens with one attached hydrogen (secondary N) is 2. The van der Waals surface area contributed by atoms with Crippen molar-refractivity contribution >= 4 is 33.2 Å². The Balaban J connectivity index is 1.70. The number of H-pyrrole nitrogens is 1. The summed E-state index contributed by atoms with van der Waals surface area (Å²) in [4.78, 5) is 30.6. The van der Waals surface area contributed by atoms with Gasteiger partial charge in [0.05, 0.1) is 16.8 Å². The van der Waals surface area contributed by atoms with Crippen LogP contribution in [0.2, 0.25) is 0 Å². The van der Waals surface area contributed by atoms with Crippen LogP contribution in [-0.4, -0.2) is 30.0 Å². The van der Waals surface area contributed by atoms with Crippen molar-refractivity contribution in [2.45, 2.75) is 48.1 Å². The third kappa shape index (κ3) is 5.66. The van der Waals surface area contributed by atoms with Crippen LogP contribution in [0, 0.1) is 6.92 Å². The Kier molecular flexibility index (Phi) is 6.90. The summed E-state index contributed by atoms with van der Waals surface area (Å²) in [6.45, 7) is 8.04. The zero-order valence-corrected chi connectivity index (χ0v) is 19.9. The maximum atomic E-state index is 12.9. The fourth-order valence-corrected chi connectivity index (χ4v) is 4.73. The lowest BCUT2D eigenvalue weighted by Gasteiger charge is -2.19. The number of hydrogen-bond donors (Lipinski definition) is 2. The van der Waals surface area contributed by atoms with E-state index in [1.54, 1.807) is 24.3 Å². The zero-order valence-electron chi connectivity index (χ0n) is 18.3. The van der Waals surface area contributed by atoms with E-state index < -0.39 is 20.3 Å². The van der Waals surface area contributed by atoms with E-state index in [2.05, 4.69) is 15.3 Å². The Morgan fingerprint density at radius 1 is 1.06 bits per heavy atom. The molecule has 0 fully saturated rings. The van der Waals surface area contributed by atoms with Crippen LogP contribution in [0.25, 0.3) is 0 Å². The number of thioether (sulfide) groups is 1. The lowest BCUT2D eigenvalue weighted by Crippen LogP contribution is -2.20. The summed E-state index contributed by atoms with van der Waals surface area (Å²) in [6.07, 6.45) is 1.03. The van der Waals surface area contributed by atoms with Crippen molar-refractivity contribution in [2.75, 3.05) is 11.1 Å². The van der Waals surface area contributed by atoms with E-state index in [1.807, 2.05) is 39.8 Å². The van der Waals surface area contributed by atoms with Crippen LogP contribution in [0.1, 0.15) is 31.9 Å². The number of aryl methyl sites for hydroxylation is 1. The predicted octanol–water partition coefficient (Wildman–Crippen LogP) is 3.94. The van der Waals surface area contributed by atoms with Gasteiger partial charge in [-0.1, -0.05) is 62.4 Å². The molecule has 9 heteroatoms. The molecule has 0 aliphatic rings. The highest BCUT2D eigenvalue weighted by Gasteiger charge is 2.23. The number of anilines is 1. The molecule has 0 aliphatic carbocycles. The first-order chi connectivity index (χ1) is 15.0. The highest BCUT2D eigenvalue weighted by atomic mass is 32.2. The number of sulfone groups is 1. The Bertz CT molecular complexity index is 1270. The number of benzene rings is 2. The van der Waals surface area contributed by atoms with Gasteiger partial charge in [0.25, 0.3) is 5.56 Å². The molecule has 2 aromatic carbocycles. The summed E-state index contributed by atoms with van der Waals surface area (Å²) in [5.41, 5.74) is 1.84. The molecule has 0 saturated carbocycles. The Morgan fingerprint density at radius 3 is 2.25 bits per heavy atom. The minimum Gasteiger partial charge on any atom is -0.325 e. The van der Waals surface area contributed by atoms with E-state index in [1.165, 1.54) is 12.1 Å². The molecule has 0 unspecified atom stereocenters. The van der Waals surface area contributed by atoms with Crippen molar-refractivity contribution in [1.29, 1.82) is 0 Å². The average molecular weight is 472 g/mol. The second-order valence-corrected chi connectivity index (χ2v) is 11.2. The summed E-state index contributed by atoms with van der Waals surface area (Å²) in [5.74, 6) is -0.255. The molecule has 0 saturated heterocycles. The molecule has 0 spiro atoms. The molecular formula is C23H25N3O4S2. The second-order valence-electron chi connectivity index (χ2n) is 8.36. The van der Waals surface area contributed by atoms with Gasteiger partial charge in [-0.25, -0.2) is 13.4 Å². The molecule has 32 heavy (non-hydrogen) atoms. The van der Waals surface area contributed by atoms with Gasteiger partial charge in [-0.3, -0.25) is 9.59 Å². The molecular weight excluding hydrogens is 446 g/mol. The molecule has 0 aliphatic heterocycles. The SMILES string of the molecule is Cc1ccc(NC(=O)CSc2ncc(S(=O)(=O)c3ccc(C(C)(C)C)cc3)c(=O)[nH]2)cc1. The maximum Gasteiger partial charge on any atom is 0.270 e. The van der Waals surface area contributed by atoms with Gasteiger partial charge < -0.3 is 10.3 Å². The number of hydrogen-bond acceptors (Lipinski definition) is 6. The summed E-state index contributed by atoms with van der Waals surface area (Å²) in [7, 11) is -4.02. The second kappa shape index (κ2) is 9.30. The third-order valence-electron chi connectivity index (χ3n) is 4.74. The van der Waals surface area contributed by atoms with Gasteiger partial charge in [0.1, 0.15) is 0 Å². The topological polar surface area (TPSA) is 109 Å². The van der Waals surface area contributed by atoms with Gasteiger partial charge in [0, 0.05) is 5.69 Å². The number of rotatable bonds is 6. The van der Waals surface area contributed by atoms with Gasteiger partial charge in [-0.05, 0) is 42.2 Å². The molecule has 1 aromatic heterocycles. The van der Waals surface area contributed by atoms with Gasteiger partial charge in [0.15, 0.2) is 10.1 Å². The lowest BCUT2D eigenvalue weighted by atomic mass is 9.87. The van der Waals surface area contributed by atoms with Crippen LogP contribution in [0.15, 0.2) is 74.5 Å². The molecule has 3 aromatic rings. The van der Waals surface area contributed by atoms with Crippen LogP contribution in [0.4, 0.5) is 5.69 Å². The summed E-state index contributed by atoms with van der Waals surface area (Å²) in [5, 5.41) is 2.91.